The van der Waals surface area contributed by atoms with Gasteiger partial charge in [0, 0.05) is 0 Å². The fourth-order valence-electron chi connectivity index (χ4n) is 4.12. The highest BCUT2D eigenvalue weighted by Gasteiger charge is 2.09. The van der Waals surface area contributed by atoms with E-state index in [-0.39, 0.29) is 5.52 Å². The smallest absolute Gasteiger partial charge is 0.0774 e. The molecule has 0 aliphatic carbocycles. The maximum atomic E-state index is 11.9. The summed E-state index contributed by atoms with van der Waals surface area (Å²) in [6.45, 7) is 2.92. The molecule has 0 amide bonds. The van der Waals surface area contributed by atoms with Crippen molar-refractivity contribution in [1.29, 1.82) is 0 Å². The van der Waals surface area contributed by atoms with E-state index in [1.807, 2.05) is 21.1 Å². The van der Waals surface area contributed by atoms with Gasteiger partial charge in [-0.25, -0.2) is 0 Å². The van der Waals surface area contributed by atoms with E-state index < -0.39 is 5.85 Å². The van der Waals surface area contributed by atoms with Crippen LogP contribution in [0.15, 0.2) is 0 Å². The van der Waals surface area contributed by atoms with Crippen LogP contribution in [0.1, 0.15) is 135 Å². The van der Waals surface area contributed by atoms with Crippen molar-refractivity contribution in [3.05, 3.63) is 0 Å². The molecule has 0 saturated carbocycles. The van der Waals surface area contributed by atoms with E-state index in [2.05, 4.69) is 6.92 Å². The molecule has 0 fully saturated rings. The van der Waals surface area contributed by atoms with E-state index in [1.165, 1.54) is 109 Å². The van der Waals surface area contributed by atoms with Gasteiger partial charge >= 0.3 is 0 Å². The normalized spacial score (nSPS) is 13.3. The van der Waals surface area contributed by atoms with Gasteiger partial charge < -0.3 is 23.0 Å². The lowest BCUT2D eigenvalue weighted by Gasteiger charge is -2.32. The van der Waals surface area contributed by atoms with Crippen molar-refractivity contribution in [1.82, 2.24) is 0 Å². The molecule has 31 heavy (non-hydrogen) atoms. The lowest BCUT2D eigenvalue weighted by Crippen LogP contribution is -2.40. The third kappa shape index (κ3) is 26.2. The van der Waals surface area contributed by atoms with Gasteiger partial charge in [-0.15, -0.1) is 0 Å². The van der Waals surface area contributed by atoms with Crippen molar-refractivity contribution in [2.75, 3.05) is 27.7 Å². The number of carbonyl (C=O) groups is 1. The monoisotopic (exact) mass is 457 g/mol. The maximum Gasteiger partial charge on any atom is 0.0774 e. The lowest BCUT2D eigenvalue weighted by atomic mass is 10.0. The second kappa shape index (κ2) is 21.8. The zero-order valence-electron chi connectivity index (χ0n) is 21.7. The van der Waals surface area contributed by atoms with Crippen LogP contribution in [0, 0.1) is 0 Å². The number of rotatable bonds is 24. The number of hydrogen-bond acceptors (Lipinski definition) is 2. The standard InChI is InChI=1S/C27H56NO2P/c1-5-6-7-8-9-10-11-12-13-14-15-16-17-18-19-20-21-22-23-24-26(29)31-27(30)25-28(2,3)4/h27,30H,5-25H2,1-4H3. The van der Waals surface area contributed by atoms with Gasteiger partial charge in [0.25, 0.3) is 0 Å². The van der Waals surface area contributed by atoms with E-state index in [1.54, 1.807) is 0 Å². The van der Waals surface area contributed by atoms with Gasteiger partial charge in [-0.3, -0.25) is 0 Å². The average molecular weight is 458 g/mol. The van der Waals surface area contributed by atoms with E-state index in [0.29, 0.717) is 26.0 Å². The van der Waals surface area contributed by atoms with Crippen molar-refractivity contribution < 1.29 is 14.4 Å². The molecule has 3 nitrogen and oxygen atoms in total. The van der Waals surface area contributed by atoms with Crippen LogP contribution in [0.4, 0.5) is 0 Å². The van der Waals surface area contributed by atoms with Gasteiger partial charge in [0.15, 0.2) is 0 Å². The minimum Gasteiger partial charge on any atom is -0.427 e. The molecule has 0 radical (unpaired) electrons. The summed E-state index contributed by atoms with van der Waals surface area (Å²) in [6.07, 6.45) is 26.7. The highest BCUT2D eigenvalue weighted by molar-refractivity contribution is 7.58. The molecule has 0 aromatic heterocycles. The predicted molar refractivity (Wildman–Crippen MR) is 139 cm³/mol. The van der Waals surface area contributed by atoms with Crippen molar-refractivity contribution in [3.63, 3.8) is 0 Å². The number of carbonyl (C=O) groups excluding carboxylic acids is 1. The summed E-state index contributed by atoms with van der Waals surface area (Å²) in [6, 6.07) is 0. The Bertz CT molecular complexity index is 395. The van der Waals surface area contributed by atoms with Crippen LogP contribution in [0.2, 0.25) is 0 Å². The first-order valence-corrected chi connectivity index (χ1v) is 14.5. The first-order chi connectivity index (χ1) is 14.8. The third-order valence-electron chi connectivity index (χ3n) is 6.00. The maximum absolute atomic E-state index is 11.9. The van der Waals surface area contributed by atoms with Crippen LogP contribution in [0.3, 0.4) is 0 Å². The summed E-state index contributed by atoms with van der Waals surface area (Å²) < 4.78 is 0.695. The molecule has 1 unspecified atom stereocenters. The molecule has 186 valence electrons. The molecule has 0 aromatic carbocycles. The molecule has 0 bridgehead atoms. The molecule has 0 heterocycles. The topological polar surface area (TPSA) is 37.3 Å². The van der Waals surface area contributed by atoms with E-state index in [0.717, 1.165) is 12.8 Å². The zero-order chi connectivity index (χ0) is 23.2. The van der Waals surface area contributed by atoms with E-state index in [9.17, 15) is 9.90 Å². The molecule has 4 heteroatoms. The molecule has 0 aromatic rings. The van der Waals surface area contributed by atoms with E-state index >= 15 is 0 Å². The van der Waals surface area contributed by atoms with Crippen molar-refractivity contribution >= 4 is 14.1 Å². The Hall–Kier alpha value is 0.0200. The summed E-state index contributed by atoms with van der Waals surface area (Å²) >= 11 is 0. The Morgan fingerprint density at radius 1 is 0.645 bits per heavy atom. The van der Waals surface area contributed by atoms with Crippen LogP contribution in [-0.4, -0.2) is 48.6 Å². The summed E-state index contributed by atoms with van der Waals surface area (Å²) in [7, 11) is 6.72. The minimum atomic E-state index is -0.521. The lowest BCUT2D eigenvalue weighted by molar-refractivity contribution is -0.871. The van der Waals surface area contributed by atoms with Gasteiger partial charge in [-0.05, 0) is 24.2 Å². The van der Waals surface area contributed by atoms with Crippen LogP contribution in [-0.2, 0) is 4.79 Å². The molecular weight excluding hydrogens is 401 g/mol. The van der Waals surface area contributed by atoms with Gasteiger partial charge in [0.05, 0.1) is 27.7 Å². The van der Waals surface area contributed by atoms with Gasteiger partial charge in [0.2, 0.25) is 0 Å². The first kappa shape index (κ1) is 31.0. The number of aliphatic hydroxyl groups excluding tert-OH is 1. The Labute approximate surface area is 197 Å². The number of nitrogens with zero attached hydrogens (tertiary/aromatic N) is 1. The number of aliphatic hydroxyl groups is 1. The number of hydrogen-bond donors (Lipinski definition) is 1. The fourth-order valence-corrected chi connectivity index (χ4v) is 5.31. The Morgan fingerprint density at radius 2 is 0.968 bits per heavy atom. The molecule has 1 N–H and O–H groups in total. The number of quaternary nitrogens is 1. The summed E-state index contributed by atoms with van der Waals surface area (Å²) in [4.78, 5) is 11.9. The Balaban J connectivity index is 3.22. The molecule has 0 aliphatic heterocycles. The average Bonchev–Trinajstić information content (AvgIpc) is 2.68. The largest absolute Gasteiger partial charge is 0.427 e. The van der Waals surface area contributed by atoms with Crippen LogP contribution in [0.25, 0.3) is 0 Å². The van der Waals surface area contributed by atoms with Crippen molar-refractivity contribution in [2.24, 2.45) is 0 Å². The first-order valence-electron chi connectivity index (χ1n) is 13.6. The molecule has 0 saturated heterocycles. The fraction of sp³-hybridized carbons (Fsp3) is 0.963. The second-order valence-electron chi connectivity index (χ2n) is 10.6. The van der Waals surface area contributed by atoms with Crippen LogP contribution >= 0.6 is 8.58 Å². The van der Waals surface area contributed by atoms with Gasteiger partial charge in [-0.2, -0.15) is 0 Å². The number of likely N-dealkylation sites (N-methyl/N-ethyl adjacent to an activating group) is 1. The quantitative estimate of drug-likeness (QED) is 0.0899. The molecule has 0 aliphatic rings. The zero-order valence-corrected chi connectivity index (χ0v) is 22.6. The highest BCUT2D eigenvalue weighted by atomic mass is 31.1. The molecule has 0 spiro atoms. The minimum absolute atomic E-state index is 0.202. The van der Waals surface area contributed by atoms with Crippen molar-refractivity contribution in [3.8, 4) is 0 Å². The Morgan fingerprint density at radius 3 is 1.29 bits per heavy atom. The van der Waals surface area contributed by atoms with Crippen LogP contribution < -0.4 is 0 Å². The number of unbranched alkanes of at least 4 members (excludes halogenated alkanes) is 18. The second-order valence-corrected chi connectivity index (χ2v) is 11.9. The summed E-state index contributed by atoms with van der Waals surface area (Å²) in [5.74, 6) is -0.521. The van der Waals surface area contributed by atoms with Crippen molar-refractivity contribution in [2.45, 2.75) is 141 Å². The third-order valence-corrected chi connectivity index (χ3v) is 6.97. The van der Waals surface area contributed by atoms with Gasteiger partial charge in [-0.1, -0.05) is 122 Å². The summed E-state index contributed by atoms with van der Waals surface area (Å²) in [5, 5.41) is 9.97. The summed E-state index contributed by atoms with van der Waals surface area (Å²) in [5.41, 5.74) is 0.202. The predicted octanol–water partition coefficient (Wildman–Crippen LogP) is 8.31. The van der Waals surface area contributed by atoms with E-state index in [4.69, 9.17) is 0 Å². The SMILES string of the molecule is CCCCCCCCCCCCCCCCCCCCCC(=O)[P-]C(O)C[N+](C)(C)C. The van der Waals surface area contributed by atoms with Crippen LogP contribution in [0.5, 0.6) is 0 Å². The van der Waals surface area contributed by atoms with Gasteiger partial charge in [0.1, 0.15) is 0 Å². The molecule has 1 atom stereocenters. The highest BCUT2D eigenvalue weighted by Crippen LogP contribution is 2.23. The molecular formula is C27H56NO2P. The Kier molecular flexibility index (Phi) is 21.9. The molecule has 0 rings (SSSR count).